The Hall–Kier alpha value is -2.51. The lowest BCUT2D eigenvalue weighted by Crippen LogP contribution is -2.30. The smallest absolute Gasteiger partial charge is 0.258 e. The second kappa shape index (κ2) is 8.25. The Morgan fingerprint density at radius 1 is 1.31 bits per heavy atom. The van der Waals surface area contributed by atoms with Crippen LogP contribution in [0.15, 0.2) is 52.0 Å². The summed E-state index contributed by atoms with van der Waals surface area (Å²) in [5.74, 6) is -0.458. The molecule has 0 aliphatic rings. The van der Waals surface area contributed by atoms with E-state index >= 15 is 0 Å². The molecule has 0 fully saturated rings. The highest BCUT2D eigenvalue weighted by Crippen LogP contribution is 2.15. The maximum Gasteiger partial charge on any atom is 0.258 e. The SMILES string of the molecule is CCOCNC(=O)c1c[nH]c2ccc(Cc3cccc(Br)n3)cc2c1=O. The number of aromatic nitrogens is 2. The van der Waals surface area contributed by atoms with E-state index in [1.54, 1.807) is 6.07 Å². The molecule has 0 aliphatic carbocycles. The van der Waals surface area contributed by atoms with Gasteiger partial charge in [-0.3, -0.25) is 9.59 Å². The predicted molar refractivity (Wildman–Crippen MR) is 103 cm³/mol. The number of amides is 1. The van der Waals surface area contributed by atoms with Gasteiger partial charge in [-0.15, -0.1) is 0 Å². The predicted octanol–water partition coefficient (Wildman–Crippen LogP) is 3.00. The molecule has 134 valence electrons. The zero-order valence-corrected chi connectivity index (χ0v) is 15.8. The maximum absolute atomic E-state index is 12.7. The van der Waals surface area contributed by atoms with E-state index in [-0.39, 0.29) is 17.7 Å². The minimum Gasteiger partial charge on any atom is -0.362 e. The van der Waals surface area contributed by atoms with Crippen molar-refractivity contribution in [1.82, 2.24) is 15.3 Å². The van der Waals surface area contributed by atoms with Crippen LogP contribution in [0, 0.1) is 0 Å². The van der Waals surface area contributed by atoms with E-state index < -0.39 is 5.91 Å². The monoisotopic (exact) mass is 415 g/mol. The van der Waals surface area contributed by atoms with Gasteiger partial charge in [-0.1, -0.05) is 12.1 Å². The summed E-state index contributed by atoms with van der Waals surface area (Å²) in [6.45, 7) is 2.39. The molecule has 0 aliphatic heterocycles. The number of ether oxygens (including phenoxy) is 1. The number of hydrogen-bond donors (Lipinski definition) is 2. The van der Waals surface area contributed by atoms with Gasteiger partial charge < -0.3 is 15.0 Å². The van der Waals surface area contributed by atoms with E-state index in [1.807, 2.05) is 37.3 Å². The Kier molecular flexibility index (Phi) is 5.80. The number of hydrogen-bond acceptors (Lipinski definition) is 4. The second-order valence-corrected chi connectivity index (χ2v) is 6.50. The molecule has 0 bridgehead atoms. The van der Waals surface area contributed by atoms with Gasteiger partial charge in [0.2, 0.25) is 5.43 Å². The molecular formula is C19H18BrN3O3. The van der Waals surface area contributed by atoms with Crippen LogP contribution < -0.4 is 10.7 Å². The Morgan fingerprint density at radius 2 is 2.15 bits per heavy atom. The highest BCUT2D eigenvalue weighted by atomic mass is 79.9. The van der Waals surface area contributed by atoms with E-state index in [2.05, 4.69) is 31.2 Å². The number of nitrogens with zero attached hydrogens (tertiary/aromatic N) is 1. The van der Waals surface area contributed by atoms with Crippen LogP contribution in [0.25, 0.3) is 10.9 Å². The number of benzene rings is 1. The fourth-order valence-electron chi connectivity index (χ4n) is 2.62. The number of rotatable bonds is 6. The number of halogens is 1. The summed E-state index contributed by atoms with van der Waals surface area (Å²) in [5.41, 5.74) is 2.27. The molecule has 7 heteroatoms. The number of fused-ring (bicyclic) bond motifs is 1. The zero-order valence-electron chi connectivity index (χ0n) is 14.2. The van der Waals surface area contributed by atoms with Crippen molar-refractivity contribution in [2.75, 3.05) is 13.3 Å². The van der Waals surface area contributed by atoms with Gasteiger partial charge in [0.1, 0.15) is 16.9 Å². The van der Waals surface area contributed by atoms with E-state index in [1.165, 1.54) is 6.20 Å². The quantitative estimate of drug-likeness (QED) is 0.368. The number of carbonyl (C=O) groups is 1. The van der Waals surface area contributed by atoms with Crippen LogP contribution >= 0.6 is 15.9 Å². The van der Waals surface area contributed by atoms with Gasteiger partial charge in [-0.2, -0.15) is 0 Å². The van der Waals surface area contributed by atoms with Crippen molar-refractivity contribution in [3.05, 3.63) is 74.2 Å². The second-order valence-electron chi connectivity index (χ2n) is 5.68. The van der Waals surface area contributed by atoms with Crippen LogP contribution in [0.3, 0.4) is 0 Å². The molecule has 0 unspecified atom stereocenters. The molecule has 2 N–H and O–H groups in total. The molecule has 0 spiro atoms. The lowest BCUT2D eigenvalue weighted by atomic mass is 10.0. The minimum absolute atomic E-state index is 0.0648. The Labute approximate surface area is 158 Å². The van der Waals surface area contributed by atoms with Gasteiger partial charge >= 0.3 is 0 Å². The fraction of sp³-hybridized carbons (Fsp3) is 0.211. The number of nitrogens with one attached hydrogen (secondary N) is 2. The van der Waals surface area contributed by atoms with Gasteiger partial charge in [0.05, 0.1) is 0 Å². The van der Waals surface area contributed by atoms with E-state index in [4.69, 9.17) is 4.74 Å². The maximum atomic E-state index is 12.7. The first kappa shape index (κ1) is 18.3. The number of pyridine rings is 2. The largest absolute Gasteiger partial charge is 0.362 e. The average molecular weight is 416 g/mol. The third-order valence-electron chi connectivity index (χ3n) is 3.89. The number of aromatic amines is 1. The van der Waals surface area contributed by atoms with Gasteiger partial charge in [-0.25, -0.2) is 4.98 Å². The molecule has 1 amide bonds. The highest BCUT2D eigenvalue weighted by molar-refractivity contribution is 9.10. The van der Waals surface area contributed by atoms with Crippen LogP contribution in [-0.4, -0.2) is 29.2 Å². The topological polar surface area (TPSA) is 84.1 Å². The summed E-state index contributed by atoms with van der Waals surface area (Å²) in [4.78, 5) is 32.3. The van der Waals surface area contributed by atoms with Gasteiger partial charge in [-0.05, 0) is 52.7 Å². The van der Waals surface area contributed by atoms with Crippen molar-refractivity contribution in [2.24, 2.45) is 0 Å². The molecule has 2 aromatic heterocycles. The summed E-state index contributed by atoms with van der Waals surface area (Å²) < 4.78 is 5.86. The van der Waals surface area contributed by atoms with Gasteiger partial charge in [0, 0.05) is 35.8 Å². The molecule has 3 rings (SSSR count). The lowest BCUT2D eigenvalue weighted by molar-refractivity contribution is 0.0816. The first-order chi connectivity index (χ1) is 12.6. The molecule has 6 nitrogen and oxygen atoms in total. The molecule has 0 radical (unpaired) electrons. The molecule has 2 heterocycles. The van der Waals surface area contributed by atoms with E-state index in [0.29, 0.717) is 23.9 Å². The normalized spacial score (nSPS) is 10.8. The van der Waals surface area contributed by atoms with Crippen LogP contribution in [0.1, 0.15) is 28.5 Å². The fourth-order valence-corrected chi connectivity index (χ4v) is 3.00. The first-order valence-electron chi connectivity index (χ1n) is 8.20. The summed E-state index contributed by atoms with van der Waals surface area (Å²) in [6, 6.07) is 11.3. The minimum atomic E-state index is -0.458. The van der Waals surface area contributed by atoms with E-state index in [9.17, 15) is 9.59 Å². The molecule has 1 aromatic carbocycles. The van der Waals surface area contributed by atoms with Crippen LogP contribution in [-0.2, 0) is 11.2 Å². The molecular weight excluding hydrogens is 398 g/mol. The Balaban J connectivity index is 1.91. The van der Waals surface area contributed by atoms with Crippen molar-refractivity contribution in [3.63, 3.8) is 0 Å². The molecule has 0 saturated heterocycles. The number of carbonyl (C=O) groups excluding carboxylic acids is 1. The summed E-state index contributed by atoms with van der Waals surface area (Å²) >= 11 is 3.36. The van der Waals surface area contributed by atoms with Crippen LogP contribution in [0.5, 0.6) is 0 Å². The third-order valence-corrected chi connectivity index (χ3v) is 4.33. The standard InChI is InChI=1S/C19H18BrN3O3/c1-2-26-11-22-19(25)15-10-21-16-7-6-12(9-14(16)18(15)24)8-13-4-3-5-17(20)23-13/h3-7,9-10H,2,8,11H2,1H3,(H,21,24)(H,22,25). The van der Waals surface area contributed by atoms with Crippen molar-refractivity contribution in [3.8, 4) is 0 Å². The van der Waals surface area contributed by atoms with E-state index in [0.717, 1.165) is 15.9 Å². The van der Waals surface area contributed by atoms with Gasteiger partial charge in [0.25, 0.3) is 5.91 Å². The molecule has 3 aromatic rings. The third kappa shape index (κ3) is 4.17. The van der Waals surface area contributed by atoms with Gasteiger partial charge in [0.15, 0.2) is 0 Å². The summed E-state index contributed by atoms with van der Waals surface area (Å²) in [7, 11) is 0. The summed E-state index contributed by atoms with van der Waals surface area (Å²) in [5, 5.41) is 3.04. The average Bonchev–Trinajstić information content (AvgIpc) is 2.62. The van der Waals surface area contributed by atoms with Crippen molar-refractivity contribution < 1.29 is 9.53 Å². The van der Waals surface area contributed by atoms with Crippen LogP contribution in [0.2, 0.25) is 0 Å². The van der Waals surface area contributed by atoms with Crippen LogP contribution in [0.4, 0.5) is 0 Å². The lowest BCUT2D eigenvalue weighted by Gasteiger charge is -2.07. The van der Waals surface area contributed by atoms with Crippen molar-refractivity contribution in [2.45, 2.75) is 13.3 Å². The highest BCUT2D eigenvalue weighted by Gasteiger charge is 2.13. The number of H-pyrrole nitrogens is 1. The molecule has 26 heavy (non-hydrogen) atoms. The van der Waals surface area contributed by atoms with Crippen molar-refractivity contribution >= 4 is 32.7 Å². The molecule has 0 saturated carbocycles. The Bertz CT molecular complexity index is 1000. The van der Waals surface area contributed by atoms with Crippen molar-refractivity contribution in [1.29, 1.82) is 0 Å². The first-order valence-corrected chi connectivity index (χ1v) is 8.99. The Morgan fingerprint density at radius 3 is 2.92 bits per heavy atom. The zero-order chi connectivity index (χ0) is 18.5. The summed E-state index contributed by atoms with van der Waals surface area (Å²) in [6.07, 6.45) is 2.02. The molecule has 0 atom stereocenters.